The standard InChI is InChI=1S/C12H15BrClF/c1-3-12(14)8(2)4-9-5-10(13)7-11(15)6-9/h5-8,12H,3-4H2,1-2H3. The Balaban J connectivity index is 2.72. The second-order valence-electron chi connectivity index (χ2n) is 3.88. The third-order valence-corrected chi connectivity index (χ3v) is 3.68. The molecule has 0 bridgehead atoms. The molecule has 0 nitrogen and oxygen atoms in total. The van der Waals surface area contributed by atoms with Gasteiger partial charge in [0.1, 0.15) is 5.82 Å². The van der Waals surface area contributed by atoms with Crippen molar-refractivity contribution in [3.05, 3.63) is 34.1 Å². The van der Waals surface area contributed by atoms with E-state index >= 15 is 0 Å². The highest BCUT2D eigenvalue weighted by Gasteiger charge is 2.13. The first kappa shape index (κ1) is 13.0. The Morgan fingerprint density at radius 3 is 2.60 bits per heavy atom. The van der Waals surface area contributed by atoms with Crippen LogP contribution in [0.5, 0.6) is 0 Å². The van der Waals surface area contributed by atoms with Gasteiger partial charge in [-0.05, 0) is 42.5 Å². The molecule has 0 spiro atoms. The van der Waals surface area contributed by atoms with Crippen LogP contribution in [0, 0.1) is 11.7 Å². The van der Waals surface area contributed by atoms with Crippen molar-refractivity contribution < 1.29 is 4.39 Å². The van der Waals surface area contributed by atoms with Gasteiger partial charge in [-0.1, -0.05) is 29.8 Å². The molecule has 0 N–H and O–H groups in total. The summed E-state index contributed by atoms with van der Waals surface area (Å²) in [5, 5.41) is 0.159. The van der Waals surface area contributed by atoms with Crippen LogP contribution in [0.1, 0.15) is 25.8 Å². The lowest BCUT2D eigenvalue weighted by molar-refractivity contribution is 0.528. The molecule has 1 aromatic carbocycles. The fourth-order valence-electron chi connectivity index (χ4n) is 1.63. The molecule has 0 radical (unpaired) electrons. The van der Waals surface area contributed by atoms with Crippen LogP contribution < -0.4 is 0 Å². The molecule has 0 amide bonds. The minimum Gasteiger partial charge on any atom is -0.207 e. The van der Waals surface area contributed by atoms with E-state index in [-0.39, 0.29) is 11.2 Å². The van der Waals surface area contributed by atoms with Gasteiger partial charge in [-0.25, -0.2) is 4.39 Å². The lowest BCUT2D eigenvalue weighted by atomic mass is 9.96. The molecule has 0 saturated carbocycles. The Morgan fingerprint density at radius 1 is 1.40 bits per heavy atom. The van der Waals surface area contributed by atoms with Gasteiger partial charge in [-0.15, -0.1) is 11.6 Å². The maximum absolute atomic E-state index is 13.1. The zero-order valence-corrected chi connectivity index (χ0v) is 11.3. The molecule has 0 saturated heterocycles. The van der Waals surface area contributed by atoms with Crippen molar-refractivity contribution in [1.82, 2.24) is 0 Å². The van der Waals surface area contributed by atoms with Gasteiger partial charge in [0.15, 0.2) is 0 Å². The Labute approximate surface area is 104 Å². The number of hydrogen-bond donors (Lipinski definition) is 0. The summed E-state index contributed by atoms with van der Waals surface area (Å²) >= 11 is 9.42. The van der Waals surface area contributed by atoms with Gasteiger partial charge in [0.25, 0.3) is 0 Å². The zero-order chi connectivity index (χ0) is 11.4. The summed E-state index contributed by atoms with van der Waals surface area (Å²) < 4.78 is 13.9. The van der Waals surface area contributed by atoms with E-state index in [1.807, 2.05) is 6.07 Å². The maximum Gasteiger partial charge on any atom is 0.124 e. The van der Waals surface area contributed by atoms with Crippen LogP contribution in [0.4, 0.5) is 4.39 Å². The first-order valence-corrected chi connectivity index (χ1v) is 6.35. The van der Waals surface area contributed by atoms with Gasteiger partial charge in [0.05, 0.1) is 0 Å². The van der Waals surface area contributed by atoms with E-state index in [2.05, 4.69) is 29.8 Å². The minimum absolute atomic E-state index is 0.159. The number of halogens is 3. The van der Waals surface area contributed by atoms with Crippen molar-refractivity contribution in [2.24, 2.45) is 5.92 Å². The van der Waals surface area contributed by atoms with Crippen LogP contribution in [0.25, 0.3) is 0 Å². The molecule has 84 valence electrons. The molecule has 3 heteroatoms. The fraction of sp³-hybridized carbons (Fsp3) is 0.500. The van der Waals surface area contributed by atoms with E-state index < -0.39 is 0 Å². The third-order valence-electron chi connectivity index (χ3n) is 2.49. The lowest BCUT2D eigenvalue weighted by Gasteiger charge is -2.16. The third kappa shape index (κ3) is 4.12. The van der Waals surface area contributed by atoms with Crippen molar-refractivity contribution >= 4 is 27.5 Å². The molecular weight excluding hydrogens is 278 g/mol. The molecule has 0 aromatic heterocycles. The van der Waals surface area contributed by atoms with E-state index in [0.29, 0.717) is 5.92 Å². The fourth-order valence-corrected chi connectivity index (χ4v) is 2.23. The second-order valence-corrected chi connectivity index (χ2v) is 5.36. The minimum atomic E-state index is -0.200. The Hall–Kier alpha value is -0.0800. The zero-order valence-electron chi connectivity index (χ0n) is 8.93. The Kier molecular flexibility index (Phi) is 5.07. The largest absolute Gasteiger partial charge is 0.207 e. The molecule has 0 heterocycles. The molecule has 0 aliphatic rings. The SMILES string of the molecule is CCC(Cl)C(C)Cc1cc(F)cc(Br)c1. The van der Waals surface area contributed by atoms with Gasteiger partial charge in [0, 0.05) is 9.85 Å². The predicted octanol–water partition coefficient (Wildman–Crippen LogP) is 4.78. The summed E-state index contributed by atoms with van der Waals surface area (Å²) in [5.41, 5.74) is 0.994. The van der Waals surface area contributed by atoms with Crippen molar-refractivity contribution in [1.29, 1.82) is 0 Å². The maximum atomic E-state index is 13.1. The van der Waals surface area contributed by atoms with Crippen LogP contribution in [-0.4, -0.2) is 5.38 Å². The average molecular weight is 294 g/mol. The highest BCUT2D eigenvalue weighted by atomic mass is 79.9. The molecule has 0 aliphatic carbocycles. The Morgan fingerprint density at radius 2 is 2.07 bits per heavy atom. The van der Waals surface area contributed by atoms with Gasteiger partial charge >= 0.3 is 0 Å². The molecule has 15 heavy (non-hydrogen) atoms. The van der Waals surface area contributed by atoms with Crippen molar-refractivity contribution in [3.63, 3.8) is 0 Å². The summed E-state index contributed by atoms with van der Waals surface area (Å²) in [6, 6.07) is 4.98. The molecule has 2 atom stereocenters. The highest BCUT2D eigenvalue weighted by Crippen LogP contribution is 2.22. The van der Waals surface area contributed by atoms with Crippen LogP contribution in [0.2, 0.25) is 0 Å². The van der Waals surface area contributed by atoms with E-state index in [1.165, 1.54) is 6.07 Å². The smallest absolute Gasteiger partial charge is 0.124 e. The number of rotatable bonds is 4. The van der Waals surface area contributed by atoms with Gasteiger partial charge in [-0.3, -0.25) is 0 Å². The monoisotopic (exact) mass is 292 g/mol. The normalized spacial score (nSPS) is 15.0. The van der Waals surface area contributed by atoms with Crippen LogP contribution in [0.3, 0.4) is 0 Å². The van der Waals surface area contributed by atoms with Gasteiger partial charge in [0.2, 0.25) is 0 Å². The summed E-state index contributed by atoms with van der Waals surface area (Å²) in [4.78, 5) is 0. The van der Waals surface area contributed by atoms with E-state index in [9.17, 15) is 4.39 Å². The van der Waals surface area contributed by atoms with E-state index in [4.69, 9.17) is 11.6 Å². The van der Waals surface area contributed by atoms with Crippen LogP contribution >= 0.6 is 27.5 Å². The predicted molar refractivity (Wildman–Crippen MR) is 66.9 cm³/mol. The average Bonchev–Trinajstić information content (AvgIpc) is 2.14. The topological polar surface area (TPSA) is 0 Å². The summed E-state index contributed by atoms with van der Waals surface area (Å²) in [6.07, 6.45) is 1.76. The molecular formula is C12H15BrClF. The van der Waals surface area contributed by atoms with E-state index in [0.717, 1.165) is 22.9 Å². The van der Waals surface area contributed by atoms with Crippen molar-refractivity contribution in [2.45, 2.75) is 32.1 Å². The molecule has 0 fully saturated rings. The molecule has 1 aromatic rings. The number of benzene rings is 1. The van der Waals surface area contributed by atoms with Crippen molar-refractivity contribution in [2.75, 3.05) is 0 Å². The first-order valence-electron chi connectivity index (χ1n) is 5.12. The quantitative estimate of drug-likeness (QED) is 0.701. The van der Waals surface area contributed by atoms with E-state index in [1.54, 1.807) is 6.07 Å². The first-order chi connectivity index (χ1) is 7.02. The van der Waals surface area contributed by atoms with Crippen LogP contribution in [-0.2, 0) is 6.42 Å². The van der Waals surface area contributed by atoms with Gasteiger partial charge < -0.3 is 0 Å². The number of hydrogen-bond acceptors (Lipinski definition) is 0. The molecule has 0 aliphatic heterocycles. The van der Waals surface area contributed by atoms with Crippen molar-refractivity contribution in [3.8, 4) is 0 Å². The summed E-state index contributed by atoms with van der Waals surface area (Å²) in [6.45, 7) is 4.16. The highest BCUT2D eigenvalue weighted by molar-refractivity contribution is 9.10. The van der Waals surface area contributed by atoms with Crippen LogP contribution in [0.15, 0.2) is 22.7 Å². The summed E-state index contributed by atoms with van der Waals surface area (Å²) in [5.74, 6) is 0.166. The van der Waals surface area contributed by atoms with Gasteiger partial charge in [-0.2, -0.15) is 0 Å². The number of alkyl halides is 1. The Bertz CT molecular complexity index is 307. The summed E-state index contributed by atoms with van der Waals surface area (Å²) in [7, 11) is 0. The second kappa shape index (κ2) is 5.86. The molecule has 1 rings (SSSR count). The molecule has 2 unspecified atom stereocenters. The lowest BCUT2D eigenvalue weighted by Crippen LogP contribution is -2.13.